The molecule has 0 radical (unpaired) electrons. The molecule has 0 saturated heterocycles. The van der Waals surface area contributed by atoms with E-state index in [4.69, 9.17) is 131 Å². The number of hydrogen-bond donors (Lipinski definition) is 6. The molecule has 24 saturated carbocycles. The van der Waals surface area contributed by atoms with Crippen molar-refractivity contribution < 1.29 is 184 Å². The van der Waals surface area contributed by atoms with Gasteiger partial charge >= 0.3 is 227 Å². The van der Waals surface area contributed by atoms with Crippen LogP contribution in [0.1, 0.15) is 298 Å². The summed E-state index contributed by atoms with van der Waals surface area (Å²) < 4.78 is 32.9. The molecule has 24 fully saturated rings. The molecule has 816 valence electrons. The predicted octanol–water partition coefficient (Wildman–Crippen LogP) is 31.8. The average molecular weight is 2770 g/mol. The number of ether oxygens (including phenoxy) is 6. The van der Waals surface area contributed by atoms with E-state index in [0.29, 0.717) is 34.5 Å². The topological polar surface area (TPSA) is 251 Å². The Morgan fingerprint density at radius 2 is 0.280 bits per heavy atom. The summed E-state index contributed by atoms with van der Waals surface area (Å²) in [5, 5.41) is 65.1. The first-order chi connectivity index (χ1) is 72.3. The molecule has 0 atom stereocenters. The van der Waals surface area contributed by atoms with E-state index in [2.05, 4.69) is 66.4 Å². The van der Waals surface area contributed by atoms with Gasteiger partial charge in [-0.25, -0.2) is 0 Å². The van der Waals surface area contributed by atoms with E-state index in [-0.39, 0.29) is 32.5 Å². The van der Waals surface area contributed by atoms with Gasteiger partial charge in [0.2, 0.25) is 0 Å². The average Bonchev–Trinajstić information content (AvgIpc) is 0.749. The van der Waals surface area contributed by atoms with Crippen LogP contribution in [0.4, 0.5) is 0 Å². The second-order valence-electron chi connectivity index (χ2n) is 46.6. The molecular formula is C114H150Cl12N6O12Zr6. The first-order valence-electron chi connectivity index (χ1n) is 53.1. The molecule has 6 N–H and O–H groups in total. The molecule has 0 aromatic heterocycles. The van der Waals surface area contributed by atoms with Gasteiger partial charge in [-0.15, -0.1) is 0 Å². The van der Waals surface area contributed by atoms with Crippen molar-refractivity contribution in [3.8, 4) is 69.0 Å². The van der Waals surface area contributed by atoms with Crippen LogP contribution in [-0.2, 0) is 158 Å². The molecular weight excluding hydrogens is 2620 g/mol. The van der Waals surface area contributed by atoms with E-state index in [1.807, 2.05) is 36.4 Å². The van der Waals surface area contributed by atoms with E-state index >= 15 is 0 Å². The van der Waals surface area contributed by atoms with Gasteiger partial charge in [-0.1, -0.05) is 0 Å². The second kappa shape index (κ2) is 59.4. The Morgan fingerprint density at radius 3 is 0.353 bits per heavy atom. The summed E-state index contributed by atoms with van der Waals surface area (Å²) in [6, 6.07) is 23.8. The van der Waals surface area contributed by atoms with Gasteiger partial charge in [-0.05, 0) is 443 Å². The summed E-state index contributed by atoms with van der Waals surface area (Å²) in [5.41, 5.74) is 12.4. The van der Waals surface area contributed by atoms with Gasteiger partial charge in [0.25, 0.3) is 0 Å². The van der Waals surface area contributed by atoms with Gasteiger partial charge in [0.15, 0.2) is 0 Å². The number of aromatic hydroxyl groups is 6. The van der Waals surface area contributed by atoms with Crippen LogP contribution < -0.4 is 28.4 Å². The molecule has 0 amide bonds. The summed E-state index contributed by atoms with van der Waals surface area (Å²) in [5.74, 6) is 23.0. The first kappa shape index (κ1) is 127. The number of phenolic OH excluding ortho intramolecular Hbond substituents is 6. The number of hydrogen-bond acceptors (Lipinski definition) is 18. The van der Waals surface area contributed by atoms with Crippen LogP contribution in [0.15, 0.2) is 103 Å². The van der Waals surface area contributed by atoms with Gasteiger partial charge in [0.1, 0.15) is 69.0 Å². The number of benzene rings is 6. The zero-order valence-corrected chi connectivity index (χ0v) is 112. The molecule has 24 bridgehead atoms. The SMILES string of the molecule is CN=Cc1cc(OC)cc(C23CC4CC(CC(C4)C2)C3)c1O.CN=Cc1cc(OC)cc(C23CC4CC(CC(C4)C2)C3)c1O.CN=Cc1cc(OC)cc(C23CC4CC(CC(C4)C2)C3)c1O.CN=Cc1cc(OC)cc(C23CC4CC(CC(C4)C2)C3)c1O.CN=Cc1cc(OC)cc(C23CC4CC(CC(C4)C2)C3)c1O.CN=Cc1cc(OC)cc(C23CC4CC(CC(C4)C2)C3)c1O.[Cl][Zr][Cl].[Cl][Zr][Cl].[Cl][Zr][Cl].[Cl][Zr][Cl].[Cl][Zr][Cl].[Cl][Zr][Cl]. The minimum absolute atomic E-state index is 0.170. The molecule has 36 heteroatoms. The van der Waals surface area contributed by atoms with Gasteiger partial charge in [0.05, 0.1) is 42.7 Å². The van der Waals surface area contributed by atoms with E-state index in [1.165, 1.54) is 231 Å². The van der Waals surface area contributed by atoms with E-state index < -0.39 is 125 Å². The molecule has 6 aromatic carbocycles. The number of halogens is 12. The zero-order chi connectivity index (χ0) is 108. The fourth-order valence-corrected chi connectivity index (χ4v) is 35.0. The van der Waals surface area contributed by atoms with Crippen LogP contribution in [0, 0.1) is 107 Å². The number of phenols is 6. The van der Waals surface area contributed by atoms with Crippen molar-refractivity contribution in [1.82, 2.24) is 0 Å². The molecule has 6 aromatic rings. The first-order valence-corrected chi connectivity index (χ1v) is 91.1. The van der Waals surface area contributed by atoms with Crippen LogP contribution in [0.25, 0.3) is 0 Å². The summed E-state index contributed by atoms with van der Waals surface area (Å²) in [6.07, 6.45) is 58.1. The minimum atomic E-state index is -0.826. The summed E-state index contributed by atoms with van der Waals surface area (Å²) in [4.78, 5) is 24.5. The maximum atomic E-state index is 10.9. The summed E-state index contributed by atoms with van der Waals surface area (Å²) in [6.45, 7) is 0. The summed E-state index contributed by atoms with van der Waals surface area (Å²) >= 11 is -4.95. The van der Waals surface area contributed by atoms with Gasteiger partial charge in [0, 0.05) is 146 Å². The van der Waals surface area contributed by atoms with Crippen molar-refractivity contribution >= 4 is 139 Å². The predicted molar refractivity (Wildman–Crippen MR) is 598 cm³/mol. The van der Waals surface area contributed by atoms with Crippen LogP contribution in [0.2, 0.25) is 0 Å². The molecule has 0 heterocycles. The Kier molecular flexibility index (Phi) is 50.1. The van der Waals surface area contributed by atoms with Crippen molar-refractivity contribution in [2.24, 2.45) is 136 Å². The summed E-state index contributed by atoms with van der Waals surface area (Å²) in [7, 11) is 79.8. The Balaban J connectivity index is 0.000000145. The van der Waals surface area contributed by atoms with E-state index in [0.717, 1.165) is 208 Å². The molecule has 18 nitrogen and oxygen atoms in total. The Bertz CT molecular complexity index is 4560. The molecule has 24 aliphatic carbocycles. The standard InChI is InChI=1S/6C19H25NO2.12ClH.6Zr/c6*1-20-11-15-6-16(22-2)7-17(18(15)21)19-8-12-3-13(9-19)5-14(4-12)10-19;;;;;;;;;;;;;;;;;;/h6*6-7,11-14,21H,3-5,8-10H2,1-2H3;12*1H;;;;;;/q;;;;;;;;;;;;;;;;;;6*+2/p-12. The van der Waals surface area contributed by atoms with Crippen LogP contribution in [0.3, 0.4) is 0 Å². The number of aliphatic imine (C=N–C) groups is 6. The van der Waals surface area contributed by atoms with E-state index in [1.54, 1.807) is 122 Å². The van der Waals surface area contributed by atoms with Gasteiger partial charge in [-0.2, -0.15) is 0 Å². The number of methoxy groups -OCH3 is 6. The molecule has 0 unspecified atom stereocenters. The monoisotopic (exact) mass is 2750 g/mol. The van der Waals surface area contributed by atoms with Crippen LogP contribution in [0.5, 0.6) is 69.0 Å². The third kappa shape index (κ3) is 30.3. The third-order valence-corrected chi connectivity index (χ3v) is 37.4. The molecule has 0 aliphatic heterocycles. The van der Waals surface area contributed by atoms with Crippen LogP contribution in [-0.4, -0.2) is 153 Å². The van der Waals surface area contributed by atoms with Crippen molar-refractivity contribution in [3.05, 3.63) is 140 Å². The molecule has 0 spiro atoms. The second-order valence-corrected chi connectivity index (χ2v) is 69.0. The molecule has 24 aliphatic rings. The Hall–Kier alpha value is -0.281. The fraction of sp³-hybridized carbons (Fsp3) is 0.632. The van der Waals surface area contributed by atoms with Crippen molar-refractivity contribution in [3.63, 3.8) is 0 Å². The zero-order valence-electron chi connectivity index (χ0n) is 88.6. The normalized spacial score (nSPS) is 32.4. The van der Waals surface area contributed by atoms with Crippen molar-refractivity contribution in [1.29, 1.82) is 0 Å². The third-order valence-electron chi connectivity index (χ3n) is 37.4. The quantitative estimate of drug-likeness (QED) is 0.0440. The van der Waals surface area contributed by atoms with Crippen molar-refractivity contribution in [2.45, 2.75) is 264 Å². The maximum absolute atomic E-state index is 10.9. The molecule has 150 heavy (non-hydrogen) atoms. The fourth-order valence-electron chi connectivity index (χ4n) is 35.0. The molecule has 30 rings (SSSR count). The van der Waals surface area contributed by atoms with Gasteiger partial charge in [-0.3, -0.25) is 30.0 Å². The number of rotatable bonds is 18. The number of nitrogens with zero attached hydrogens (tertiary/aromatic N) is 6. The van der Waals surface area contributed by atoms with Crippen molar-refractivity contribution in [2.75, 3.05) is 84.9 Å². The van der Waals surface area contributed by atoms with Gasteiger partial charge < -0.3 is 59.1 Å². The van der Waals surface area contributed by atoms with Crippen LogP contribution >= 0.6 is 102 Å². The Morgan fingerprint density at radius 1 is 0.193 bits per heavy atom. The Labute approximate surface area is 1000 Å². The van der Waals surface area contributed by atoms with E-state index in [9.17, 15) is 30.6 Å².